The first-order chi connectivity index (χ1) is 9.63. The molecule has 0 atom stereocenters. The Morgan fingerprint density at radius 2 is 1.10 bits per heavy atom. The number of Topliss-reactive ketones (excluding diaryl/α,β-unsaturated/α-hetero) is 1. The summed E-state index contributed by atoms with van der Waals surface area (Å²) in [5.74, 6) is -0.315. The summed E-state index contributed by atoms with van der Waals surface area (Å²) < 4.78 is -1.75. The van der Waals surface area contributed by atoms with Crippen LogP contribution in [0.3, 0.4) is 0 Å². The highest BCUT2D eigenvalue weighted by molar-refractivity contribution is 7.64. The van der Waals surface area contributed by atoms with Gasteiger partial charge in [0.05, 0.1) is 0 Å². The number of carbonyl (C=O) groups is 1. The third-order valence-electron chi connectivity index (χ3n) is 3.18. The van der Waals surface area contributed by atoms with E-state index in [1.165, 1.54) is 25.7 Å². The molecule has 0 unspecified atom stereocenters. The number of hydrogen-bond donors (Lipinski definition) is 0. The maximum atomic E-state index is 11.3. The number of rotatable bonds is 12. The number of carbonyl (C=O) groups excluding carboxylic acids is 1. The van der Waals surface area contributed by atoms with Crippen molar-refractivity contribution in [3.8, 4) is 0 Å². The standard InChI is InChI=1S/C13H22Cl6OSi/c14-13(15,16)12(20)10-8-6-4-2-1-3-5-7-9-11-21(17,18)19/h1-11H2. The van der Waals surface area contributed by atoms with Crippen LogP contribution in [0.5, 0.6) is 0 Å². The number of unbranched alkanes of at least 4 members (excludes halogenated alkanes) is 8. The molecule has 0 aliphatic heterocycles. The van der Waals surface area contributed by atoms with Gasteiger partial charge in [-0.1, -0.05) is 86.2 Å². The Labute approximate surface area is 158 Å². The van der Waals surface area contributed by atoms with Gasteiger partial charge in [-0.3, -0.25) is 4.79 Å². The molecule has 0 radical (unpaired) electrons. The Hall–Kier alpha value is 1.63. The fraction of sp³-hybridized carbons (Fsp3) is 0.923. The van der Waals surface area contributed by atoms with Gasteiger partial charge in [-0.25, -0.2) is 0 Å². The molecule has 0 N–H and O–H groups in total. The van der Waals surface area contributed by atoms with Crippen LogP contribution in [0.4, 0.5) is 0 Å². The topological polar surface area (TPSA) is 17.1 Å². The molecular weight excluding hydrogens is 413 g/mol. The van der Waals surface area contributed by atoms with E-state index in [0.717, 1.165) is 38.1 Å². The largest absolute Gasteiger partial charge is 0.341 e. The van der Waals surface area contributed by atoms with Crippen molar-refractivity contribution in [2.75, 3.05) is 0 Å². The summed E-state index contributed by atoms with van der Waals surface area (Å²) in [6.45, 7) is 0. The molecule has 0 rings (SSSR count). The van der Waals surface area contributed by atoms with Gasteiger partial charge in [0.25, 0.3) is 0 Å². The van der Waals surface area contributed by atoms with E-state index in [1.54, 1.807) is 0 Å². The highest BCUT2D eigenvalue weighted by Crippen LogP contribution is 2.29. The smallest absolute Gasteiger partial charge is 0.295 e. The van der Waals surface area contributed by atoms with E-state index in [0.29, 0.717) is 6.42 Å². The quantitative estimate of drug-likeness (QED) is 0.134. The minimum absolute atomic E-state index is 0.315. The number of alkyl halides is 3. The average Bonchev–Trinajstić information content (AvgIpc) is 2.33. The van der Waals surface area contributed by atoms with Crippen molar-refractivity contribution >= 4 is 79.8 Å². The third kappa shape index (κ3) is 16.3. The van der Waals surface area contributed by atoms with Gasteiger partial charge in [-0.2, -0.15) is 0 Å². The molecule has 0 aromatic carbocycles. The van der Waals surface area contributed by atoms with E-state index in [1.807, 2.05) is 0 Å². The zero-order valence-corrected chi connectivity index (χ0v) is 17.5. The summed E-state index contributed by atoms with van der Waals surface area (Å²) in [6.07, 6.45) is 10.2. The van der Waals surface area contributed by atoms with Gasteiger partial charge < -0.3 is 0 Å². The van der Waals surface area contributed by atoms with Gasteiger partial charge in [0.2, 0.25) is 3.79 Å². The Balaban J connectivity index is 3.25. The minimum Gasteiger partial charge on any atom is -0.295 e. The Kier molecular flexibility index (Phi) is 13.0. The molecule has 0 fully saturated rings. The van der Waals surface area contributed by atoms with Gasteiger partial charge in [0.15, 0.2) is 5.78 Å². The van der Waals surface area contributed by atoms with Crippen LogP contribution >= 0.6 is 68.0 Å². The first kappa shape index (κ1) is 22.6. The highest BCUT2D eigenvalue weighted by atomic mass is 35.8. The molecule has 8 heteroatoms. The van der Waals surface area contributed by atoms with Crippen molar-refractivity contribution in [2.45, 2.75) is 74.0 Å². The fourth-order valence-corrected chi connectivity index (χ4v) is 4.13. The lowest BCUT2D eigenvalue weighted by atomic mass is 10.1. The fourth-order valence-electron chi connectivity index (χ4n) is 1.99. The van der Waals surface area contributed by atoms with Gasteiger partial charge in [-0.15, -0.1) is 33.2 Å². The van der Waals surface area contributed by atoms with E-state index in [4.69, 9.17) is 68.0 Å². The first-order valence-corrected chi connectivity index (χ1v) is 13.7. The molecule has 0 saturated carbocycles. The lowest BCUT2D eigenvalue weighted by Crippen LogP contribution is -2.18. The highest BCUT2D eigenvalue weighted by Gasteiger charge is 2.29. The van der Waals surface area contributed by atoms with Crippen LogP contribution in [0, 0.1) is 0 Å². The van der Waals surface area contributed by atoms with Crippen LogP contribution in [-0.2, 0) is 4.79 Å². The normalized spacial score (nSPS) is 12.7. The Bertz CT molecular complexity index is 287. The van der Waals surface area contributed by atoms with Crippen LogP contribution in [0.1, 0.15) is 64.2 Å². The lowest BCUT2D eigenvalue weighted by Gasteiger charge is -2.08. The third-order valence-corrected chi connectivity index (χ3v) is 6.43. The van der Waals surface area contributed by atoms with Gasteiger partial charge in [0, 0.05) is 6.42 Å². The summed E-state index contributed by atoms with van der Waals surface area (Å²) in [5, 5.41) is 0. The molecule has 0 spiro atoms. The molecule has 0 aromatic rings. The van der Waals surface area contributed by atoms with Gasteiger partial charge in [-0.05, 0) is 12.5 Å². The van der Waals surface area contributed by atoms with E-state index in [2.05, 4.69) is 0 Å². The SMILES string of the molecule is O=C(CCCCCCCCCCC[Si](Cl)(Cl)Cl)C(Cl)(Cl)Cl. The summed E-state index contributed by atoms with van der Waals surface area (Å²) in [4.78, 5) is 11.3. The van der Waals surface area contributed by atoms with Gasteiger partial charge >= 0.3 is 6.00 Å². The lowest BCUT2D eigenvalue weighted by molar-refractivity contribution is -0.118. The molecule has 21 heavy (non-hydrogen) atoms. The maximum absolute atomic E-state index is 11.3. The van der Waals surface area contributed by atoms with Crippen LogP contribution in [0.15, 0.2) is 0 Å². The minimum atomic E-state index is -2.41. The predicted octanol–water partition coefficient (Wildman–Crippen LogP) is 7.48. The summed E-state index contributed by atoms with van der Waals surface area (Å²) in [6, 6.07) is -1.65. The molecule has 1 nitrogen and oxygen atoms in total. The number of ketones is 1. The first-order valence-electron chi connectivity index (χ1n) is 7.30. The monoisotopic (exact) mass is 432 g/mol. The maximum Gasteiger partial charge on any atom is 0.341 e. The zero-order valence-electron chi connectivity index (χ0n) is 12.0. The molecule has 0 amide bonds. The van der Waals surface area contributed by atoms with Crippen molar-refractivity contribution in [1.29, 1.82) is 0 Å². The summed E-state index contributed by atoms with van der Waals surface area (Å²) in [7, 11) is 0. The number of hydrogen-bond acceptors (Lipinski definition) is 1. The molecule has 0 bridgehead atoms. The molecule has 0 aliphatic carbocycles. The van der Waals surface area contributed by atoms with Crippen LogP contribution in [0.25, 0.3) is 0 Å². The number of halogens is 6. The Morgan fingerprint density at radius 3 is 1.48 bits per heavy atom. The molecule has 0 heterocycles. The molecule has 126 valence electrons. The molecular formula is C13H22Cl6OSi. The summed E-state index contributed by atoms with van der Waals surface area (Å²) in [5.41, 5.74) is 0. The van der Waals surface area contributed by atoms with Crippen LogP contribution in [-0.4, -0.2) is 15.6 Å². The van der Waals surface area contributed by atoms with Crippen molar-refractivity contribution in [3.05, 3.63) is 0 Å². The molecule has 0 saturated heterocycles. The van der Waals surface area contributed by atoms with E-state index in [9.17, 15) is 4.79 Å². The van der Waals surface area contributed by atoms with Crippen molar-refractivity contribution in [2.24, 2.45) is 0 Å². The second-order valence-corrected chi connectivity index (χ2v) is 16.8. The molecule has 0 aromatic heterocycles. The Morgan fingerprint density at radius 1 is 0.714 bits per heavy atom. The van der Waals surface area contributed by atoms with Crippen molar-refractivity contribution < 1.29 is 4.79 Å². The summed E-state index contributed by atoms with van der Waals surface area (Å²) >= 11 is 33.9. The van der Waals surface area contributed by atoms with E-state index in [-0.39, 0.29) is 5.78 Å². The van der Waals surface area contributed by atoms with Crippen LogP contribution < -0.4 is 0 Å². The van der Waals surface area contributed by atoms with Crippen molar-refractivity contribution in [3.63, 3.8) is 0 Å². The van der Waals surface area contributed by atoms with Gasteiger partial charge in [0.1, 0.15) is 0 Å². The second-order valence-electron chi connectivity index (χ2n) is 5.22. The predicted molar refractivity (Wildman–Crippen MR) is 99.6 cm³/mol. The van der Waals surface area contributed by atoms with Crippen molar-refractivity contribution in [1.82, 2.24) is 0 Å². The van der Waals surface area contributed by atoms with E-state index < -0.39 is 9.80 Å². The average molecular weight is 435 g/mol. The molecule has 0 aliphatic rings. The zero-order chi connectivity index (χ0) is 16.4. The second kappa shape index (κ2) is 12.1. The van der Waals surface area contributed by atoms with E-state index >= 15 is 0 Å². The van der Waals surface area contributed by atoms with Crippen LogP contribution in [0.2, 0.25) is 6.04 Å².